The molecule has 0 saturated carbocycles. The highest BCUT2D eigenvalue weighted by molar-refractivity contribution is 5.53. The predicted octanol–water partition coefficient (Wildman–Crippen LogP) is 1.19. The Morgan fingerprint density at radius 2 is 2.25 bits per heavy atom. The van der Waals surface area contributed by atoms with Crippen molar-refractivity contribution in [2.45, 2.75) is 13.0 Å². The Morgan fingerprint density at radius 3 is 2.94 bits per heavy atom. The molecule has 84 valence electrons. The lowest BCUT2D eigenvalue weighted by molar-refractivity contribution is 0.122. The Hall–Kier alpha value is -2.05. The van der Waals surface area contributed by atoms with Gasteiger partial charge in [0.1, 0.15) is 12.4 Å². The van der Waals surface area contributed by atoms with Crippen molar-refractivity contribution in [2.24, 2.45) is 0 Å². The van der Waals surface area contributed by atoms with Gasteiger partial charge in [-0.3, -0.25) is 4.68 Å². The van der Waals surface area contributed by atoms with Crippen LogP contribution in [0, 0.1) is 0 Å². The Morgan fingerprint density at radius 1 is 1.44 bits per heavy atom. The van der Waals surface area contributed by atoms with Gasteiger partial charge in [0.15, 0.2) is 5.82 Å². The van der Waals surface area contributed by atoms with E-state index in [1.807, 2.05) is 0 Å². The quantitative estimate of drug-likeness (QED) is 0.851. The van der Waals surface area contributed by atoms with Crippen molar-refractivity contribution < 1.29 is 8.78 Å². The molecule has 2 aromatic rings. The van der Waals surface area contributed by atoms with Crippen LogP contribution in [-0.4, -0.2) is 26.2 Å². The molecule has 16 heavy (non-hydrogen) atoms. The lowest BCUT2D eigenvalue weighted by atomic mass is 10.3. The second-order valence-electron chi connectivity index (χ2n) is 3.15. The fraction of sp³-hybridized carbons (Fsp3) is 0.222. The van der Waals surface area contributed by atoms with Gasteiger partial charge < -0.3 is 5.73 Å². The number of rotatable bonds is 3. The van der Waals surface area contributed by atoms with E-state index in [1.54, 1.807) is 6.07 Å². The molecule has 7 heteroatoms. The Balaban J connectivity index is 2.24. The van der Waals surface area contributed by atoms with E-state index in [-0.39, 0.29) is 0 Å². The molecule has 2 N–H and O–H groups in total. The predicted molar refractivity (Wildman–Crippen MR) is 53.7 cm³/mol. The fourth-order valence-electron chi connectivity index (χ4n) is 1.23. The third-order valence-corrected chi connectivity index (χ3v) is 1.89. The molecule has 0 aliphatic carbocycles. The molecule has 0 unspecified atom stereocenters. The van der Waals surface area contributed by atoms with Gasteiger partial charge in [-0.1, -0.05) is 0 Å². The van der Waals surface area contributed by atoms with Crippen LogP contribution in [0.1, 0.15) is 0 Å². The first-order chi connectivity index (χ1) is 7.65. The van der Waals surface area contributed by atoms with Crippen molar-refractivity contribution in [3.63, 3.8) is 0 Å². The Labute approximate surface area is 89.9 Å². The van der Waals surface area contributed by atoms with Crippen molar-refractivity contribution in [3.05, 3.63) is 24.7 Å². The highest BCUT2D eigenvalue weighted by atomic mass is 19.3. The van der Waals surface area contributed by atoms with E-state index in [1.165, 1.54) is 18.6 Å². The summed E-state index contributed by atoms with van der Waals surface area (Å²) in [5.41, 5.74) is 6.05. The summed E-state index contributed by atoms with van der Waals surface area (Å²) < 4.78 is 25.3. The number of nitrogen functional groups attached to an aromatic ring is 1. The van der Waals surface area contributed by atoms with Crippen molar-refractivity contribution in [1.29, 1.82) is 0 Å². The van der Waals surface area contributed by atoms with Crippen LogP contribution in [0.15, 0.2) is 24.7 Å². The van der Waals surface area contributed by atoms with E-state index in [0.29, 0.717) is 17.2 Å². The standard InChI is InChI=1S/C9H9F2N5/c10-7(11)5-16-4-6(3-14-16)9-13-2-1-8(12)15-9/h1-4,7H,5H2,(H2,12,13,15). The minimum absolute atomic E-state index is 0.326. The summed E-state index contributed by atoms with van der Waals surface area (Å²) in [4.78, 5) is 7.93. The van der Waals surface area contributed by atoms with Crippen LogP contribution in [0.3, 0.4) is 0 Å². The molecule has 5 nitrogen and oxygen atoms in total. The highest BCUT2D eigenvalue weighted by Gasteiger charge is 2.08. The summed E-state index contributed by atoms with van der Waals surface area (Å²) in [5.74, 6) is 0.701. The average Bonchev–Trinajstić information content (AvgIpc) is 2.65. The minimum atomic E-state index is -2.44. The van der Waals surface area contributed by atoms with Crippen molar-refractivity contribution >= 4 is 5.82 Å². The number of hydrogen-bond acceptors (Lipinski definition) is 4. The lowest BCUT2D eigenvalue weighted by Crippen LogP contribution is -2.06. The lowest BCUT2D eigenvalue weighted by Gasteiger charge is -1.98. The SMILES string of the molecule is Nc1ccnc(-c2cnn(CC(F)F)c2)n1. The van der Waals surface area contributed by atoms with Gasteiger partial charge in [-0.25, -0.2) is 18.7 Å². The van der Waals surface area contributed by atoms with E-state index in [2.05, 4.69) is 15.1 Å². The highest BCUT2D eigenvalue weighted by Crippen LogP contribution is 2.14. The molecule has 0 saturated heterocycles. The average molecular weight is 225 g/mol. The monoisotopic (exact) mass is 225 g/mol. The summed E-state index contributed by atoms with van der Waals surface area (Å²) in [6.45, 7) is -0.442. The molecule has 0 amide bonds. The van der Waals surface area contributed by atoms with Crippen LogP contribution in [0.5, 0.6) is 0 Å². The number of anilines is 1. The summed E-state index contributed by atoms with van der Waals surface area (Å²) in [6.07, 6.45) is 1.95. The number of nitrogens with zero attached hydrogens (tertiary/aromatic N) is 4. The minimum Gasteiger partial charge on any atom is -0.384 e. The zero-order valence-corrected chi connectivity index (χ0v) is 8.22. The Kier molecular flexibility index (Phi) is 2.76. The maximum atomic E-state index is 12.1. The summed E-state index contributed by atoms with van der Waals surface area (Å²) >= 11 is 0. The zero-order valence-electron chi connectivity index (χ0n) is 8.22. The second kappa shape index (κ2) is 4.21. The molecule has 0 spiro atoms. The number of aromatic nitrogens is 4. The number of alkyl halides is 2. The zero-order chi connectivity index (χ0) is 11.5. The van der Waals surface area contributed by atoms with Crippen LogP contribution in [0.4, 0.5) is 14.6 Å². The third kappa shape index (κ3) is 2.30. The van der Waals surface area contributed by atoms with Gasteiger partial charge in [-0.15, -0.1) is 0 Å². The summed E-state index contributed by atoms with van der Waals surface area (Å²) in [6, 6.07) is 1.55. The van der Waals surface area contributed by atoms with Crippen LogP contribution in [0.25, 0.3) is 11.4 Å². The van der Waals surface area contributed by atoms with Gasteiger partial charge in [0, 0.05) is 12.4 Å². The third-order valence-electron chi connectivity index (χ3n) is 1.89. The second-order valence-corrected chi connectivity index (χ2v) is 3.15. The van der Waals surface area contributed by atoms with E-state index < -0.39 is 13.0 Å². The van der Waals surface area contributed by atoms with E-state index in [0.717, 1.165) is 4.68 Å². The largest absolute Gasteiger partial charge is 0.384 e. The number of hydrogen-bond donors (Lipinski definition) is 1. The maximum absolute atomic E-state index is 12.1. The molecule has 0 aromatic carbocycles. The molecule has 0 radical (unpaired) electrons. The first-order valence-corrected chi connectivity index (χ1v) is 4.54. The molecule has 2 heterocycles. The molecule has 0 fully saturated rings. The van der Waals surface area contributed by atoms with Crippen molar-refractivity contribution in [1.82, 2.24) is 19.7 Å². The molecule has 0 aliphatic heterocycles. The molecule has 0 atom stereocenters. The van der Waals surface area contributed by atoms with Gasteiger partial charge in [0.25, 0.3) is 6.43 Å². The van der Waals surface area contributed by atoms with Gasteiger partial charge >= 0.3 is 0 Å². The van der Waals surface area contributed by atoms with Crippen LogP contribution < -0.4 is 5.73 Å². The fourth-order valence-corrected chi connectivity index (χ4v) is 1.23. The summed E-state index contributed by atoms with van der Waals surface area (Å²) in [5, 5.41) is 3.78. The van der Waals surface area contributed by atoms with Crippen LogP contribution in [-0.2, 0) is 6.54 Å². The normalized spacial score (nSPS) is 10.9. The molecule has 2 rings (SSSR count). The first kappa shape index (κ1) is 10.5. The maximum Gasteiger partial charge on any atom is 0.257 e. The van der Waals surface area contributed by atoms with Crippen LogP contribution >= 0.6 is 0 Å². The molecule has 0 bridgehead atoms. The van der Waals surface area contributed by atoms with E-state index >= 15 is 0 Å². The molecular formula is C9H9F2N5. The molecular weight excluding hydrogens is 216 g/mol. The molecule has 2 aromatic heterocycles. The topological polar surface area (TPSA) is 69.6 Å². The smallest absolute Gasteiger partial charge is 0.257 e. The van der Waals surface area contributed by atoms with Crippen molar-refractivity contribution in [3.8, 4) is 11.4 Å². The Bertz CT molecular complexity index is 482. The van der Waals surface area contributed by atoms with Gasteiger partial charge in [0.2, 0.25) is 0 Å². The van der Waals surface area contributed by atoms with Crippen LogP contribution in [0.2, 0.25) is 0 Å². The van der Waals surface area contributed by atoms with Crippen molar-refractivity contribution in [2.75, 3.05) is 5.73 Å². The number of halogens is 2. The van der Waals surface area contributed by atoms with Gasteiger partial charge in [0.05, 0.1) is 11.8 Å². The van der Waals surface area contributed by atoms with Gasteiger partial charge in [-0.05, 0) is 6.07 Å². The first-order valence-electron chi connectivity index (χ1n) is 4.54. The van der Waals surface area contributed by atoms with E-state index in [9.17, 15) is 8.78 Å². The summed E-state index contributed by atoms with van der Waals surface area (Å²) in [7, 11) is 0. The van der Waals surface area contributed by atoms with E-state index in [4.69, 9.17) is 5.73 Å². The number of nitrogens with two attached hydrogens (primary N) is 1. The van der Waals surface area contributed by atoms with Gasteiger partial charge in [-0.2, -0.15) is 5.10 Å². The molecule has 0 aliphatic rings.